The standard InChI is InChI=1S/C10H20S4/c1-3-5-7-13-9(11)10(12)14-8-6-4-2/h11-12H,3-8H2,1-2H3/b10-9-. The van der Waals surface area contributed by atoms with Crippen LogP contribution < -0.4 is 0 Å². The van der Waals surface area contributed by atoms with Crippen molar-refractivity contribution in [3.8, 4) is 0 Å². The predicted octanol–water partition coefficient (Wildman–Crippen LogP) is 5.04. The van der Waals surface area contributed by atoms with Crippen LogP contribution >= 0.6 is 48.8 Å². The summed E-state index contributed by atoms with van der Waals surface area (Å²) in [6.45, 7) is 4.42. The van der Waals surface area contributed by atoms with E-state index in [1.165, 1.54) is 25.7 Å². The second-order valence-electron chi connectivity index (χ2n) is 3.01. The first-order valence-corrected chi connectivity index (χ1v) is 7.96. The quantitative estimate of drug-likeness (QED) is 0.467. The average molecular weight is 269 g/mol. The van der Waals surface area contributed by atoms with Crippen molar-refractivity contribution < 1.29 is 0 Å². The molecule has 0 spiro atoms. The zero-order valence-electron chi connectivity index (χ0n) is 8.95. The van der Waals surface area contributed by atoms with E-state index < -0.39 is 0 Å². The van der Waals surface area contributed by atoms with E-state index in [2.05, 4.69) is 39.1 Å². The largest absolute Gasteiger partial charge is 0.135 e. The molecule has 0 aliphatic heterocycles. The van der Waals surface area contributed by atoms with Crippen LogP contribution in [0.25, 0.3) is 0 Å². The minimum Gasteiger partial charge on any atom is -0.135 e. The number of hydrogen-bond donors (Lipinski definition) is 2. The van der Waals surface area contributed by atoms with Gasteiger partial charge in [-0.05, 0) is 24.3 Å². The molecule has 0 amide bonds. The smallest absolute Gasteiger partial charge is 0.0569 e. The van der Waals surface area contributed by atoms with E-state index in [-0.39, 0.29) is 0 Å². The van der Waals surface area contributed by atoms with Gasteiger partial charge in [0.15, 0.2) is 0 Å². The zero-order valence-corrected chi connectivity index (χ0v) is 12.4. The van der Waals surface area contributed by atoms with Gasteiger partial charge in [-0.2, -0.15) is 0 Å². The summed E-state index contributed by atoms with van der Waals surface area (Å²) in [7, 11) is 0. The van der Waals surface area contributed by atoms with Gasteiger partial charge < -0.3 is 0 Å². The summed E-state index contributed by atoms with van der Waals surface area (Å²) >= 11 is 12.5. The number of unbranched alkanes of at least 4 members (excludes halogenated alkanes) is 2. The predicted molar refractivity (Wildman–Crippen MR) is 79.7 cm³/mol. The molecule has 0 unspecified atom stereocenters. The van der Waals surface area contributed by atoms with Gasteiger partial charge in [-0.25, -0.2) is 0 Å². The molecule has 0 bridgehead atoms. The average Bonchev–Trinajstić information content (AvgIpc) is 2.18. The minimum atomic E-state index is 1.09. The molecule has 0 nitrogen and oxygen atoms in total. The lowest BCUT2D eigenvalue weighted by atomic mass is 10.4. The van der Waals surface area contributed by atoms with Crippen LogP contribution in [0.4, 0.5) is 0 Å². The first-order chi connectivity index (χ1) is 6.72. The monoisotopic (exact) mass is 268 g/mol. The van der Waals surface area contributed by atoms with Crippen molar-refractivity contribution in [2.24, 2.45) is 0 Å². The molecule has 0 N–H and O–H groups in total. The highest BCUT2D eigenvalue weighted by molar-refractivity contribution is 8.21. The summed E-state index contributed by atoms with van der Waals surface area (Å²) in [6.07, 6.45) is 5.02. The van der Waals surface area contributed by atoms with Crippen LogP contribution in [0, 0.1) is 0 Å². The Labute approximate surface area is 108 Å². The Morgan fingerprint density at radius 2 is 1.21 bits per heavy atom. The number of thiol groups is 2. The lowest BCUT2D eigenvalue weighted by Gasteiger charge is -2.04. The first kappa shape index (κ1) is 15.1. The maximum absolute atomic E-state index is 4.45. The summed E-state index contributed by atoms with van der Waals surface area (Å²) < 4.78 is 2.17. The molecule has 4 heteroatoms. The van der Waals surface area contributed by atoms with E-state index in [0.29, 0.717) is 0 Å². The molecule has 0 fully saturated rings. The van der Waals surface area contributed by atoms with Crippen LogP contribution in [0.5, 0.6) is 0 Å². The molecule has 0 saturated heterocycles. The van der Waals surface area contributed by atoms with Crippen LogP contribution in [0.2, 0.25) is 0 Å². The van der Waals surface area contributed by atoms with Crippen LogP contribution in [0.3, 0.4) is 0 Å². The number of hydrogen-bond acceptors (Lipinski definition) is 4. The van der Waals surface area contributed by atoms with Crippen LogP contribution in [0.1, 0.15) is 39.5 Å². The fraction of sp³-hybridized carbons (Fsp3) is 0.800. The summed E-state index contributed by atoms with van der Waals surface area (Å²) in [4.78, 5) is 0. The Kier molecular flexibility index (Phi) is 11.5. The molecule has 0 rings (SSSR count). The van der Waals surface area contributed by atoms with Gasteiger partial charge in [-0.1, -0.05) is 26.7 Å². The van der Waals surface area contributed by atoms with E-state index in [9.17, 15) is 0 Å². The fourth-order valence-corrected chi connectivity index (χ4v) is 3.54. The molecule has 0 aliphatic carbocycles. The van der Waals surface area contributed by atoms with E-state index >= 15 is 0 Å². The van der Waals surface area contributed by atoms with Gasteiger partial charge in [-0.15, -0.1) is 48.8 Å². The van der Waals surface area contributed by atoms with Crippen molar-refractivity contribution in [3.63, 3.8) is 0 Å². The van der Waals surface area contributed by atoms with Crippen molar-refractivity contribution in [1.29, 1.82) is 0 Å². The third-order valence-electron chi connectivity index (χ3n) is 1.66. The molecule has 84 valence electrons. The number of rotatable bonds is 8. The second kappa shape index (κ2) is 10.7. The summed E-state index contributed by atoms with van der Waals surface area (Å²) in [5.41, 5.74) is 0. The molecule has 0 aromatic rings. The third kappa shape index (κ3) is 8.45. The Balaban J connectivity index is 3.66. The molecule has 0 aromatic carbocycles. The Hall–Kier alpha value is 1.14. The third-order valence-corrected chi connectivity index (χ3v) is 5.43. The van der Waals surface area contributed by atoms with Crippen molar-refractivity contribution in [1.82, 2.24) is 0 Å². The van der Waals surface area contributed by atoms with Gasteiger partial charge in [0, 0.05) is 0 Å². The maximum atomic E-state index is 4.45. The fourth-order valence-electron chi connectivity index (χ4n) is 0.750. The summed E-state index contributed by atoms with van der Waals surface area (Å²) in [5.74, 6) is 2.32. The molecule has 0 atom stereocenters. The van der Waals surface area contributed by atoms with Crippen molar-refractivity contribution >= 4 is 48.8 Å². The van der Waals surface area contributed by atoms with Gasteiger partial charge in [0.2, 0.25) is 0 Å². The highest BCUT2D eigenvalue weighted by Crippen LogP contribution is 2.33. The molecular formula is C10H20S4. The van der Waals surface area contributed by atoms with Gasteiger partial charge in [-0.3, -0.25) is 0 Å². The van der Waals surface area contributed by atoms with E-state index in [0.717, 1.165) is 20.0 Å². The summed E-state index contributed by atoms with van der Waals surface area (Å²) in [5, 5.41) is 0. The van der Waals surface area contributed by atoms with Gasteiger partial charge in [0.1, 0.15) is 0 Å². The van der Waals surface area contributed by atoms with Gasteiger partial charge in [0.05, 0.1) is 8.47 Å². The maximum Gasteiger partial charge on any atom is 0.0569 e. The zero-order chi connectivity index (χ0) is 10.8. The molecule has 0 aromatic heterocycles. The van der Waals surface area contributed by atoms with E-state index in [4.69, 9.17) is 0 Å². The van der Waals surface area contributed by atoms with Crippen molar-refractivity contribution in [3.05, 3.63) is 8.47 Å². The number of thioether (sulfide) groups is 2. The topological polar surface area (TPSA) is 0 Å². The Morgan fingerprint density at radius 3 is 1.50 bits per heavy atom. The molecule has 0 saturated carbocycles. The lowest BCUT2D eigenvalue weighted by Crippen LogP contribution is -1.80. The highest BCUT2D eigenvalue weighted by atomic mass is 32.2. The summed E-state index contributed by atoms with van der Waals surface area (Å²) in [6, 6.07) is 0. The van der Waals surface area contributed by atoms with E-state index in [1.807, 2.05) is 23.5 Å². The van der Waals surface area contributed by atoms with Crippen LogP contribution in [-0.4, -0.2) is 11.5 Å². The Morgan fingerprint density at radius 1 is 0.857 bits per heavy atom. The van der Waals surface area contributed by atoms with Gasteiger partial charge in [0.25, 0.3) is 0 Å². The molecular weight excluding hydrogens is 248 g/mol. The van der Waals surface area contributed by atoms with Crippen molar-refractivity contribution in [2.75, 3.05) is 11.5 Å². The Bertz CT molecular complexity index is 148. The van der Waals surface area contributed by atoms with E-state index in [1.54, 1.807) is 0 Å². The van der Waals surface area contributed by atoms with Crippen molar-refractivity contribution in [2.45, 2.75) is 39.5 Å². The second-order valence-corrected chi connectivity index (χ2v) is 6.72. The molecule has 0 radical (unpaired) electrons. The SMILES string of the molecule is CCCCS/C(S)=C(/S)SCCCC. The lowest BCUT2D eigenvalue weighted by molar-refractivity contribution is 0.897. The molecule has 0 heterocycles. The normalized spacial score (nSPS) is 12.9. The molecule has 14 heavy (non-hydrogen) atoms. The first-order valence-electron chi connectivity index (χ1n) is 5.10. The highest BCUT2D eigenvalue weighted by Gasteiger charge is 2.00. The van der Waals surface area contributed by atoms with Crippen LogP contribution in [0.15, 0.2) is 8.47 Å². The minimum absolute atomic E-state index is 1.09. The van der Waals surface area contributed by atoms with Crippen LogP contribution in [-0.2, 0) is 0 Å². The van der Waals surface area contributed by atoms with Gasteiger partial charge >= 0.3 is 0 Å². The molecule has 0 aliphatic rings.